The molecule has 0 radical (unpaired) electrons. The van der Waals surface area contributed by atoms with E-state index in [4.69, 9.17) is 0 Å². The number of hydrogen-bond acceptors (Lipinski definition) is 4. The molecule has 1 saturated heterocycles. The summed E-state index contributed by atoms with van der Waals surface area (Å²) in [4.78, 5) is 14.8. The van der Waals surface area contributed by atoms with Gasteiger partial charge in [0.05, 0.1) is 16.3 Å². The van der Waals surface area contributed by atoms with Gasteiger partial charge in [0.2, 0.25) is 0 Å². The van der Waals surface area contributed by atoms with Crippen LogP contribution in [0.15, 0.2) is 77.7 Å². The van der Waals surface area contributed by atoms with Crippen LogP contribution in [0.1, 0.15) is 30.1 Å². The average molecular weight is 468 g/mol. The Morgan fingerprint density at radius 1 is 1.00 bits per heavy atom. The van der Waals surface area contributed by atoms with Crippen LogP contribution in [0.25, 0.3) is 0 Å². The standard InChI is InChI=1S/C25H26FN3O3S/c1-2-29(21-10-4-3-5-11-21)33(31,32)22-12-8-9-19(17-22)25(30)27-20-13-14-24(23(26)18-20)28-15-6-7-16-28/h3-5,8-14,17-18H,2,6-7,15-16H2,1H3,(H,27,30). The fraction of sp³-hybridized carbons (Fsp3) is 0.240. The van der Waals surface area contributed by atoms with Gasteiger partial charge in [-0.05, 0) is 68.3 Å². The zero-order valence-electron chi connectivity index (χ0n) is 18.4. The number of rotatable bonds is 7. The number of sulfonamides is 1. The van der Waals surface area contributed by atoms with Crippen molar-refractivity contribution in [2.45, 2.75) is 24.7 Å². The van der Waals surface area contributed by atoms with E-state index in [1.165, 1.54) is 34.6 Å². The van der Waals surface area contributed by atoms with Crippen LogP contribution in [0.4, 0.5) is 21.5 Å². The third kappa shape index (κ3) is 4.85. The molecule has 0 aromatic heterocycles. The lowest BCUT2D eigenvalue weighted by Crippen LogP contribution is -2.31. The van der Waals surface area contributed by atoms with Gasteiger partial charge in [-0.1, -0.05) is 24.3 Å². The summed E-state index contributed by atoms with van der Waals surface area (Å²) in [6.45, 7) is 3.64. The summed E-state index contributed by atoms with van der Waals surface area (Å²) < 4.78 is 42.4. The largest absolute Gasteiger partial charge is 0.369 e. The molecule has 8 heteroatoms. The molecule has 0 spiro atoms. The van der Waals surface area contributed by atoms with E-state index < -0.39 is 21.7 Å². The molecule has 1 N–H and O–H groups in total. The second-order valence-corrected chi connectivity index (χ2v) is 9.71. The number of benzene rings is 3. The molecule has 0 bridgehead atoms. The van der Waals surface area contributed by atoms with E-state index in [-0.39, 0.29) is 17.0 Å². The van der Waals surface area contributed by atoms with E-state index >= 15 is 0 Å². The lowest BCUT2D eigenvalue weighted by molar-refractivity contribution is 0.102. The first kappa shape index (κ1) is 22.8. The van der Waals surface area contributed by atoms with E-state index in [9.17, 15) is 17.6 Å². The molecule has 3 aromatic rings. The average Bonchev–Trinajstić information content (AvgIpc) is 3.35. The second-order valence-electron chi connectivity index (χ2n) is 7.85. The van der Waals surface area contributed by atoms with E-state index in [2.05, 4.69) is 5.32 Å². The van der Waals surface area contributed by atoms with Gasteiger partial charge in [0.1, 0.15) is 5.82 Å². The smallest absolute Gasteiger partial charge is 0.264 e. The van der Waals surface area contributed by atoms with Gasteiger partial charge >= 0.3 is 0 Å². The molecular weight excluding hydrogens is 441 g/mol. The van der Waals surface area contributed by atoms with Crippen LogP contribution in [0.3, 0.4) is 0 Å². The van der Waals surface area contributed by atoms with Crippen molar-refractivity contribution >= 4 is 33.0 Å². The number of anilines is 3. The highest BCUT2D eigenvalue weighted by Gasteiger charge is 2.24. The molecule has 1 fully saturated rings. The van der Waals surface area contributed by atoms with Crippen molar-refractivity contribution in [1.82, 2.24) is 0 Å². The Hall–Kier alpha value is -3.39. The predicted octanol–water partition coefficient (Wildman–Crippen LogP) is 4.89. The molecule has 6 nitrogen and oxygen atoms in total. The van der Waals surface area contributed by atoms with Gasteiger partial charge < -0.3 is 10.2 Å². The van der Waals surface area contributed by atoms with Crippen LogP contribution in [0.5, 0.6) is 0 Å². The van der Waals surface area contributed by atoms with Crippen LogP contribution in [0, 0.1) is 5.82 Å². The van der Waals surface area contributed by atoms with Crippen molar-refractivity contribution in [1.29, 1.82) is 0 Å². The Labute approximate surface area is 193 Å². The highest BCUT2D eigenvalue weighted by molar-refractivity contribution is 7.92. The van der Waals surface area contributed by atoms with Gasteiger partial charge in [0.15, 0.2) is 0 Å². The topological polar surface area (TPSA) is 69.7 Å². The van der Waals surface area contributed by atoms with Crippen LogP contribution < -0.4 is 14.5 Å². The van der Waals surface area contributed by atoms with Crippen molar-refractivity contribution in [3.8, 4) is 0 Å². The summed E-state index contributed by atoms with van der Waals surface area (Å²) >= 11 is 0. The first-order valence-corrected chi connectivity index (χ1v) is 12.4. The maximum atomic E-state index is 14.6. The molecule has 1 aliphatic rings. The molecule has 172 valence electrons. The van der Waals surface area contributed by atoms with Gasteiger partial charge in [-0.15, -0.1) is 0 Å². The highest BCUT2D eigenvalue weighted by atomic mass is 32.2. The number of carbonyl (C=O) groups excluding carboxylic acids is 1. The fourth-order valence-corrected chi connectivity index (χ4v) is 5.53. The number of amides is 1. The number of hydrogen-bond donors (Lipinski definition) is 1. The van der Waals surface area contributed by atoms with E-state index in [0.717, 1.165) is 25.9 Å². The number of nitrogens with zero attached hydrogens (tertiary/aromatic N) is 2. The van der Waals surface area contributed by atoms with Gasteiger partial charge in [0.25, 0.3) is 15.9 Å². The quantitative estimate of drug-likeness (QED) is 0.537. The van der Waals surface area contributed by atoms with Gasteiger partial charge in [0, 0.05) is 30.9 Å². The summed E-state index contributed by atoms with van der Waals surface area (Å²) in [6.07, 6.45) is 2.08. The molecule has 4 rings (SSSR count). The Morgan fingerprint density at radius 2 is 1.73 bits per heavy atom. The number of halogens is 1. The fourth-order valence-electron chi connectivity index (χ4n) is 4.01. The van der Waals surface area contributed by atoms with E-state index in [0.29, 0.717) is 17.1 Å². The number of carbonyl (C=O) groups is 1. The maximum absolute atomic E-state index is 14.6. The third-order valence-corrected chi connectivity index (χ3v) is 7.57. The van der Waals surface area contributed by atoms with Crippen molar-refractivity contribution in [3.63, 3.8) is 0 Å². The Morgan fingerprint density at radius 3 is 2.39 bits per heavy atom. The summed E-state index contributed by atoms with van der Waals surface area (Å²) in [7, 11) is -3.87. The monoisotopic (exact) mass is 467 g/mol. The SMILES string of the molecule is CCN(c1ccccc1)S(=O)(=O)c1cccc(C(=O)Nc2ccc(N3CCCC3)c(F)c2)c1. The minimum atomic E-state index is -3.87. The molecule has 0 aliphatic carbocycles. The van der Waals surface area contributed by atoms with Gasteiger partial charge in [-0.2, -0.15) is 0 Å². The third-order valence-electron chi connectivity index (χ3n) is 5.67. The normalized spacial score (nSPS) is 13.7. The van der Waals surface area contributed by atoms with Gasteiger partial charge in [-0.3, -0.25) is 9.10 Å². The molecule has 0 saturated carbocycles. The molecule has 1 heterocycles. The molecule has 0 atom stereocenters. The lowest BCUT2D eigenvalue weighted by Gasteiger charge is -2.23. The lowest BCUT2D eigenvalue weighted by atomic mass is 10.2. The van der Waals surface area contributed by atoms with Crippen LogP contribution in [-0.2, 0) is 10.0 Å². The minimum absolute atomic E-state index is 0.0106. The molecule has 1 amide bonds. The summed E-state index contributed by atoms with van der Waals surface area (Å²) in [5.74, 6) is -0.907. The summed E-state index contributed by atoms with van der Waals surface area (Å²) in [5.41, 5.74) is 1.56. The zero-order valence-corrected chi connectivity index (χ0v) is 19.2. The Balaban J connectivity index is 1.55. The zero-order chi connectivity index (χ0) is 23.4. The van der Waals surface area contributed by atoms with E-state index in [1.807, 2.05) is 11.0 Å². The second kappa shape index (κ2) is 9.62. The molecule has 0 unspecified atom stereocenters. The first-order chi connectivity index (χ1) is 15.9. The maximum Gasteiger partial charge on any atom is 0.264 e. The Kier molecular flexibility index (Phi) is 6.65. The highest BCUT2D eigenvalue weighted by Crippen LogP contribution is 2.27. The van der Waals surface area contributed by atoms with Crippen molar-refractivity contribution < 1.29 is 17.6 Å². The summed E-state index contributed by atoms with van der Waals surface area (Å²) in [6, 6.07) is 19.3. The van der Waals surface area contributed by atoms with Crippen LogP contribution >= 0.6 is 0 Å². The molecule has 33 heavy (non-hydrogen) atoms. The molecule has 3 aromatic carbocycles. The van der Waals surface area contributed by atoms with Crippen molar-refractivity contribution in [2.75, 3.05) is 34.2 Å². The molecule has 1 aliphatic heterocycles. The van der Waals surface area contributed by atoms with Gasteiger partial charge in [-0.25, -0.2) is 12.8 Å². The number of nitrogens with one attached hydrogen (secondary N) is 1. The Bertz CT molecular complexity index is 1240. The minimum Gasteiger partial charge on any atom is -0.369 e. The summed E-state index contributed by atoms with van der Waals surface area (Å²) in [5, 5.41) is 2.66. The van der Waals surface area contributed by atoms with Crippen molar-refractivity contribution in [3.05, 3.63) is 84.2 Å². The van der Waals surface area contributed by atoms with Crippen LogP contribution in [-0.4, -0.2) is 34.0 Å². The van der Waals surface area contributed by atoms with Crippen molar-refractivity contribution in [2.24, 2.45) is 0 Å². The number of para-hydroxylation sites is 1. The van der Waals surface area contributed by atoms with Crippen LogP contribution in [0.2, 0.25) is 0 Å². The first-order valence-electron chi connectivity index (χ1n) is 10.9. The predicted molar refractivity (Wildman–Crippen MR) is 129 cm³/mol. The van der Waals surface area contributed by atoms with E-state index in [1.54, 1.807) is 43.3 Å². The molecular formula is C25H26FN3O3S.